The van der Waals surface area contributed by atoms with Gasteiger partial charge in [0.25, 0.3) is 0 Å². The molecule has 4 fully saturated rings. The quantitative estimate of drug-likeness (QED) is 0.386. The van der Waals surface area contributed by atoms with Crippen LogP contribution in [0, 0.1) is 56.2 Å². The average Bonchev–Trinajstić information content (AvgIpc) is 3.21. The van der Waals surface area contributed by atoms with Gasteiger partial charge in [0, 0.05) is 42.4 Å². The first-order valence-corrected chi connectivity index (χ1v) is 15.5. The van der Waals surface area contributed by atoms with Gasteiger partial charge in [-0.1, -0.05) is 60.1 Å². The SMILES string of the molecule is CN1CCN([C@]23CCC(C)(C)C[C@H]2[C@H]2C(=O)C=C4[C@@]5(C)C=C(C#N)C(=O)C(C)(C)[C@@H]5CC[C@@]4(C)[C@]2(C)CC3)C1=O. The molecule has 6 rings (SSSR count). The number of hydrogen-bond donors (Lipinski definition) is 0. The number of allylic oxidation sites excluding steroid dienone is 4. The van der Waals surface area contributed by atoms with Gasteiger partial charge in [-0.25, -0.2) is 4.79 Å². The van der Waals surface area contributed by atoms with E-state index in [1.807, 2.05) is 37.9 Å². The first kappa shape index (κ1) is 27.7. The van der Waals surface area contributed by atoms with Crippen LogP contribution >= 0.6 is 0 Å². The number of fused-ring (bicyclic) bond motifs is 7. The summed E-state index contributed by atoms with van der Waals surface area (Å²) in [5, 5.41) is 9.94. The molecule has 0 unspecified atom stereocenters. The molecule has 6 heteroatoms. The lowest BCUT2D eigenvalue weighted by Crippen LogP contribution is -2.70. The predicted octanol–water partition coefficient (Wildman–Crippen LogP) is 6.33. The summed E-state index contributed by atoms with van der Waals surface area (Å²) in [7, 11) is 1.90. The van der Waals surface area contributed by atoms with Crippen molar-refractivity contribution in [3.05, 3.63) is 23.3 Å². The fourth-order valence-corrected chi connectivity index (χ4v) is 11.1. The molecule has 1 saturated heterocycles. The minimum absolute atomic E-state index is 0.0472. The van der Waals surface area contributed by atoms with E-state index < -0.39 is 10.8 Å². The smallest absolute Gasteiger partial charge is 0.320 e. The lowest BCUT2D eigenvalue weighted by atomic mass is 9.35. The third-order valence-corrected chi connectivity index (χ3v) is 13.6. The molecule has 2 amide bonds. The van der Waals surface area contributed by atoms with E-state index >= 15 is 0 Å². The maximum Gasteiger partial charge on any atom is 0.320 e. The van der Waals surface area contributed by atoms with E-state index in [0.29, 0.717) is 0 Å². The topological polar surface area (TPSA) is 81.5 Å². The van der Waals surface area contributed by atoms with Gasteiger partial charge < -0.3 is 9.80 Å². The van der Waals surface area contributed by atoms with E-state index in [1.165, 1.54) is 0 Å². The third kappa shape index (κ3) is 3.18. The number of nitrogens with zero attached hydrogens (tertiary/aromatic N) is 3. The molecule has 0 spiro atoms. The Morgan fingerprint density at radius 1 is 0.925 bits per heavy atom. The lowest BCUT2D eigenvalue weighted by molar-refractivity contribution is -0.171. The van der Waals surface area contributed by atoms with Gasteiger partial charge in [0.2, 0.25) is 0 Å². The molecule has 7 atom stereocenters. The standard InChI is InChI=1S/C34H47N3O3/c1-29(2)11-13-34(37-16-15-36(8)28(37)40)14-12-33(7)26(22(34)19-29)23(38)17-25-31(5)18-21(20-35)27(39)30(3,4)24(31)9-10-32(25,33)6/h17-18,22,24,26H,9-16,19H2,1-8H3/t22-,24-,26-,31-,32+,33+,34-/m0/s1. The Bertz CT molecular complexity index is 1320. The van der Waals surface area contributed by atoms with Crippen molar-refractivity contribution in [2.75, 3.05) is 20.1 Å². The zero-order valence-corrected chi connectivity index (χ0v) is 25.8. The Balaban J connectivity index is 1.52. The number of Topliss-reactive ketones (excluding diaryl/α,β-unsaturated/α-hetero) is 1. The molecule has 1 aliphatic heterocycles. The number of rotatable bonds is 1. The summed E-state index contributed by atoms with van der Waals surface area (Å²) in [6.45, 7) is 17.1. The Kier molecular flexibility index (Phi) is 5.62. The van der Waals surface area contributed by atoms with Gasteiger partial charge in [-0.05, 0) is 79.1 Å². The lowest BCUT2D eigenvalue weighted by Gasteiger charge is -2.70. The van der Waals surface area contributed by atoms with Gasteiger partial charge in [0.05, 0.1) is 5.57 Å². The van der Waals surface area contributed by atoms with Gasteiger partial charge in [-0.15, -0.1) is 0 Å². The molecule has 0 bridgehead atoms. The molecule has 1 heterocycles. The normalized spacial score (nSPS) is 45.5. The highest BCUT2D eigenvalue weighted by Gasteiger charge is 2.71. The molecule has 0 aromatic rings. The van der Waals surface area contributed by atoms with Crippen LogP contribution in [0.1, 0.15) is 93.4 Å². The highest BCUT2D eigenvalue weighted by Crippen LogP contribution is 2.74. The van der Waals surface area contributed by atoms with E-state index in [-0.39, 0.29) is 62.7 Å². The minimum atomic E-state index is -0.658. The van der Waals surface area contributed by atoms with E-state index in [1.54, 1.807) is 0 Å². The van der Waals surface area contributed by atoms with Gasteiger partial charge >= 0.3 is 6.03 Å². The van der Waals surface area contributed by atoms with Crippen molar-refractivity contribution in [1.29, 1.82) is 5.26 Å². The van der Waals surface area contributed by atoms with E-state index in [0.717, 1.165) is 63.6 Å². The van der Waals surface area contributed by atoms with Crippen LogP contribution in [-0.2, 0) is 9.59 Å². The highest BCUT2D eigenvalue weighted by atomic mass is 16.2. The maximum absolute atomic E-state index is 14.7. The van der Waals surface area contributed by atoms with Crippen LogP contribution in [0.3, 0.4) is 0 Å². The molecular weight excluding hydrogens is 498 g/mol. The largest absolute Gasteiger partial charge is 0.326 e. The van der Waals surface area contributed by atoms with Crippen LogP contribution in [0.5, 0.6) is 0 Å². The van der Waals surface area contributed by atoms with E-state index in [4.69, 9.17) is 0 Å². The number of nitriles is 1. The van der Waals surface area contributed by atoms with Crippen LogP contribution < -0.4 is 0 Å². The number of ketones is 2. The van der Waals surface area contributed by atoms with E-state index in [2.05, 4.69) is 45.6 Å². The summed E-state index contributed by atoms with van der Waals surface area (Å²) in [5.41, 5.74) is -0.451. The summed E-state index contributed by atoms with van der Waals surface area (Å²) in [6, 6.07) is 2.32. The number of hydrogen-bond acceptors (Lipinski definition) is 4. The molecule has 0 aromatic carbocycles. The first-order valence-electron chi connectivity index (χ1n) is 15.5. The average molecular weight is 546 g/mol. The predicted molar refractivity (Wildman–Crippen MR) is 154 cm³/mol. The van der Waals surface area contributed by atoms with Gasteiger partial charge in [0.1, 0.15) is 6.07 Å². The Morgan fingerprint density at radius 2 is 1.60 bits per heavy atom. The Labute approximate surface area is 240 Å². The fourth-order valence-electron chi connectivity index (χ4n) is 11.1. The van der Waals surface area contributed by atoms with Crippen molar-refractivity contribution >= 4 is 17.6 Å². The number of urea groups is 1. The number of carbonyl (C=O) groups excluding carboxylic acids is 3. The zero-order chi connectivity index (χ0) is 29.3. The van der Waals surface area contributed by atoms with Crippen LogP contribution in [0.2, 0.25) is 0 Å². The first-order chi connectivity index (χ1) is 18.5. The van der Waals surface area contributed by atoms with Crippen LogP contribution in [0.4, 0.5) is 4.79 Å². The van der Waals surface area contributed by atoms with Gasteiger partial charge in [0.15, 0.2) is 11.6 Å². The summed E-state index contributed by atoms with van der Waals surface area (Å²) < 4.78 is 0. The van der Waals surface area contributed by atoms with E-state index in [9.17, 15) is 19.6 Å². The summed E-state index contributed by atoms with van der Waals surface area (Å²) in [5.74, 6) is 0.148. The minimum Gasteiger partial charge on any atom is -0.326 e. The Morgan fingerprint density at radius 3 is 2.23 bits per heavy atom. The number of likely N-dealkylation sites (N-methyl/N-ethyl adjacent to an activating group) is 1. The monoisotopic (exact) mass is 545 g/mol. The van der Waals surface area contributed by atoms with Crippen molar-refractivity contribution in [2.24, 2.45) is 44.8 Å². The molecule has 0 radical (unpaired) electrons. The van der Waals surface area contributed by atoms with Crippen LogP contribution in [-0.4, -0.2) is 53.1 Å². The molecule has 40 heavy (non-hydrogen) atoms. The van der Waals surface area contributed by atoms with Gasteiger partial charge in [-0.3, -0.25) is 9.59 Å². The van der Waals surface area contributed by atoms with Crippen molar-refractivity contribution in [3.63, 3.8) is 0 Å². The van der Waals surface area contributed by atoms with Crippen LogP contribution in [0.25, 0.3) is 0 Å². The van der Waals surface area contributed by atoms with Crippen LogP contribution in [0.15, 0.2) is 23.3 Å². The molecule has 0 N–H and O–H groups in total. The second kappa shape index (κ2) is 8.11. The van der Waals surface area contributed by atoms with Crippen molar-refractivity contribution < 1.29 is 14.4 Å². The Hall–Kier alpha value is -2.42. The molecule has 6 nitrogen and oxygen atoms in total. The summed E-state index contributed by atoms with van der Waals surface area (Å²) >= 11 is 0. The summed E-state index contributed by atoms with van der Waals surface area (Å²) in [4.78, 5) is 45.4. The highest BCUT2D eigenvalue weighted by molar-refractivity contribution is 6.04. The van der Waals surface area contributed by atoms with Crippen molar-refractivity contribution in [2.45, 2.75) is 99.0 Å². The second-order valence-electron chi connectivity index (χ2n) is 16.2. The number of amides is 2. The molecule has 6 aliphatic rings. The van der Waals surface area contributed by atoms with Crippen molar-refractivity contribution in [3.8, 4) is 6.07 Å². The second-order valence-corrected chi connectivity index (χ2v) is 16.2. The number of carbonyl (C=O) groups is 3. The molecule has 3 saturated carbocycles. The van der Waals surface area contributed by atoms with Gasteiger partial charge in [-0.2, -0.15) is 5.26 Å². The molecular formula is C34H47N3O3. The molecule has 0 aromatic heterocycles. The maximum atomic E-state index is 14.7. The fraction of sp³-hybridized carbons (Fsp3) is 0.765. The molecule has 216 valence electrons. The summed E-state index contributed by atoms with van der Waals surface area (Å²) in [6.07, 6.45) is 10.5. The molecule has 5 aliphatic carbocycles. The van der Waals surface area contributed by atoms with Crippen molar-refractivity contribution in [1.82, 2.24) is 9.80 Å². The zero-order valence-electron chi connectivity index (χ0n) is 25.8. The third-order valence-electron chi connectivity index (χ3n) is 13.6.